The van der Waals surface area contributed by atoms with Crippen molar-refractivity contribution in [2.45, 2.75) is 96.5 Å². The molecule has 0 aromatic rings. The van der Waals surface area contributed by atoms with Crippen LogP contribution in [-0.4, -0.2) is 48.8 Å². The van der Waals surface area contributed by atoms with Gasteiger partial charge in [0, 0.05) is 0 Å². The van der Waals surface area contributed by atoms with Crippen molar-refractivity contribution in [2.24, 2.45) is 0 Å². The van der Waals surface area contributed by atoms with Crippen LogP contribution in [0.5, 0.6) is 0 Å². The van der Waals surface area contributed by atoms with Crippen LogP contribution in [0, 0.1) is 0 Å². The molecule has 1 N–H and O–H groups in total. The Morgan fingerprint density at radius 3 is 1.52 bits per heavy atom. The van der Waals surface area contributed by atoms with Crippen molar-refractivity contribution in [1.29, 1.82) is 0 Å². The van der Waals surface area contributed by atoms with Crippen LogP contribution in [0.2, 0.25) is 0 Å². The lowest BCUT2D eigenvalue weighted by atomic mass is 10.0. The monoisotopic (exact) mass is 348 g/mol. The van der Waals surface area contributed by atoms with E-state index in [2.05, 4.69) is 21.0 Å². The van der Waals surface area contributed by atoms with Crippen molar-refractivity contribution in [3.8, 4) is 0 Å². The Bertz CT molecular complexity index is 246. The molecule has 0 rings (SSSR count). The molecule has 1 atom stereocenters. The molecule has 0 aliphatic rings. The Balaban J connectivity index is 3.27. The van der Waals surface area contributed by atoms with Gasteiger partial charge >= 0.3 is 0 Å². The highest BCUT2D eigenvalue weighted by Crippen LogP contribution is 2.13. The molecule has 0 aliphatic heterocycles. The highest BCUT2D eigenvalue weighted by molar-refractivity contribution is 6.18. The summed E-state index contributed by atoms with van der Waals surface area (Å²) >= 11 is 5.68. The van der Waals surface area contributed by atoms with Gasteiger partial charge in [-0.05, 0) is 12.8 Å². The summed E-state index contributed by atoms with van der Waals surface area (Å²) in [6.45, 7) is 4.19. The molecule has 3 heteroatoms. The fraction of sp³-hybridized carbons (Fsp3) is 1.00. The number of alkyl halides is 1. The van der Waals surface area contributed by atoms with Gasteiger partial charge in [0.05, 0.1) is 26.5 Å². The van der Waals surface area contributed by atoms with E-state index >= 15 is 0 Å². The number of aliphatic hydroxyl groups excluding tert-OH is 1. The van der Waals surface area contributed by atoms with Crippen LogP contribution in [0.25, 0.3) is 0 Å². The zero-order chi connectivity index (χ0) is 17.4. The van der Waals surface area contributed by atoms with E-state index in [1.165, 1.54) is 83.5 Å². The maximum atomic E-state index is 9.65. The van der Waals surface area contributed by atoms with Gasteiger partial charge in [0.2, 0.25) is 0 Å². The lowest BCUT2D eigenvalue weighted by Crippen LogP contribution is -2.46. The zero-order valence-corrected chi connectivity index (χ0v) is 16.9. The largest absolute Gasteiger partial charge is 0.386 e. The zero-order valence-electron chi connectivity index (χ0n) is 16.2. The average molecular weight is 349 g/mol. The van der Waals surface area contributed by atoms with E-state index in [1.54, 1.807) is 0 Å². The SMILES string of the molecule is CCCCCCCCCCCCCCC[N+](C)(C)CC(O)CCl. The van der Waals surface area contributed by atoms with Crippen molar-refractivity contribution < 1.29 is 9.59 Å². The standard InChI is InChI=1S/C20H43ClNO/c1-4-5-6-7-8-9-10-11-12-13-14-15-16-17-22(2,3)19-20(23)18-21/h20,23H,4-19H2,1-3H3/q+1. The van der Waals surface area contributed by atoms with E-state index < -0.39 is 0 Å². The Kier molecular flexibility index (Phi) is 15.9. The predicted octanol–water partition coefficient (Wildman–Crippen LogP) is 5.75. The van der Waals surface area contributed by atoms with Crippen molar-refractivity contribution in [1.82, 2.24) is 0 Å². The summed E-state index contributed by atoms with van der Waals surface area (Å²) in [4.78, 5) is 0. The Hall–Kier alpha value is 0.210. The van der Waals surface area contributed by atoms with Gasteiger partial charge in [-0.3, -0.25) is 0 Å². The lowest BCUT2D eigenvalue weighted by molar-refractivity contribution is -0.893. The molecule has 1 unspecified atom stereocenters. The minimum Gasteiger partial charge on any atom is -0.386 e. The molecule has 23 heavy (non-hydrogen) atoms. The van der Waals surface area contributed by atoms with Gasteiger partial charge in [0.25, 0.3) is 0 Å². The minimum absolute atomic E-state index is 0.348. The van der Waals surface area contributed by atoms with Crippen LogP contribution in [0.1, 0.15) is 90.4 Å². The third-order valence-electron chi connectivity index (χ3n) is 4.75. The van der Waals surface area contributed by atoms with Crippen LogP contribution in [0.4, 0.5) is 0 Å². The molecular formula is C20H43ClNO+. The van der Waals surface area contributed by atoms with Crippen molar-refractivity contribution >= 4 is 11.6 Å². The Morgan fingerprint density at radius 1 is 0.739 bits per heavy atom. The summed E-state index contributed by atoms with van der Waals surface area (Å²) in [6.07, 6.45) is 17.8. The smallest absolute Gasteiger partial charge is 0.116 e. The number of unbranched alkanes of at least 4 members (excludes halogenated alkanes) is 12. The normalized spacial score (nSPS) is 13.4. The molecule has 0 saturated carbocycles. The molecule has 140 valence electrons. The average Bonchev–Trinajstić information content (AvgIpc) is 2.51. The van der Waals surface area contributed by atoms with Crippen LogP contribution in [-0.2, 0) is 0 Å². The number of quaternary nitrogens is 1. The third-order valence-corrected chi connectivity index (χ3v) is 5.11. The van der Waals surface area contributed by atoms with Gasteiger partial charge in [0.15, 0.2) is 0 Å². The second-order valence-electron chi connectivity index (χ2n) is 7.89. The number of likely N-dealkylation sites (N-methyl/N-ethyl adjacent to an activating group) is 1. The second-order valence-corrected chi connectivity index (χ2v) is 8.20. The van der Waals surface area contributed by atoms with E-state index in [-0.39, 0.29) is 6.10 Å². The molecule has 0 bridgehead atoms. The number of halogens is 1. The summed E-state index contributed by atoms with van der Waals surface area (Å²) in [5, 5.41) is 9.65. The summed E-state index contributed by atoms with van der Waals surface area (Å²) in [5.41, 5.74) is 0. The summed E-state index contributed by atoms with van der Waals surface area (Å²) in [6, 6.07) is 0. The van der Waals surface area contributed by atoms with Gasteiger partial charge in [-0.15, -0.1) is 11.6 Å². The Morgan fingerprint density at radius 2 is 1.13 bits per heavy atom. The first-order valence-corrected chi connectivity index (χ1v) is 10.6. The lowest BCUT2D eigenvalue weighted by Gasteiger charge is -2.31. The first-order valence-electron chi connectivity index (χ1n) is 10.1. The van der Waals surface area contributed by atoms with Gasteiger partial charge in [0.1, 0.15) is 12.6 Å². The maximum Gasteiger partial charge on any atom is 0.116 e. The Labute approximate surface area is 151 Å². The molecule has 0 amide bonds. The molecule has 0 fully saturated rings. The van der Waals surface area contributed by atoms with Crippen molar-refractivity contribution in [3.05, 3.63) is 0 Å². The predicted molar refractivity (Wildman–Crippen MR) is 104 cm³/mol. The summed E-state index contributed by atoms with van der Waals surface area (Å²) < 4.78 is 0.881. The van der Waals surface area contributed by atoms with E-state index in [0.717, 1.165) is 17.6 Å². The summed E-state index contributed by atoms with van der Waals surface area (Å²) in [7, 11) is 4.38. The molecule has 0 saturated heterocycles. The molecule has 0 aromatic heterocycles. The molecule has 2 nitrogen and oxygen atoms in total. The highest BCUT2D eigenvalue weighted by atomic mass is 35.5. The quantitative estimate of drug-likeness (QED) is 0.201. The van der Waals surface area contributed by atoms with E-state index in [1.807, 2.05) is 0 Å². The van der Waals surface area contributed by atoms with Crippen LogP contribution in [0.3, 0.4) is 0 Å². The number of hydrogen-bond donors (Lipinski definition) is 1. The fourth-order valence-corrected chi connectivity index (χ4v) is 3.37. The van der Waals surface area contributed by atoms with Crippen molar-refractivity contribution in [3.63, 3.8) is 0 Å². The summed E-state index contributed by atoms with van der Waals surface area (Å²) in [5.74, 6) is 0.348. The van der Waals surface area contributed by atoms with E-state index in [4.69, 9.17) is 11.6 Å². The third kappa shape index (κ3) is 16.8. The molecule has 0 spiro atoms. The number of rotatable bonds is 17. The first-order chi connectivity index (χ1) is 11.0. The maximum absolute atomic E-state index is 9.65. The molecule has 0 aromatic carbocycles. The topological polar surface area (TPSA) is 20.2 Å². The fourth-order valence-electron chi connectivity index (χ4n) is 3.27. The first kappa shape index (κ1) is 23.2. The van der Waals surface area contributed by atoms with E-state index in [0.29, 0.717) is 5.88 Å². The van der Waals surface area contributed by atoms with Crippen molar-refractivity contribution in [2.75, 3.05) is 33.1 Å². The van der Waals surface area contributed by atoms with Crippen LogP contribution in [0.15, 0.2) is 0 Å². The molecular weight excluding hydrogens is 306 g/mol. The number of aliphatic hydroxyl groups is 1. The number of hydrogen-bond acceptors (Lipinski definition) is 1. The second kappa shape index (κ2) is 15.7. The highest BCUT2D eigenvalue weighted by Gasteiger charge is 2.19. The number of nitrogens with zero attached hydrogens (tertiary/aromatic N) is 1. The van der Waals surface area contributed by atoms with E-state index in [9.17, 15) is 5.11 Å². The minimum atomic E-state index is -0.367. The van der Waals surface area contributed by atoms with Crippen LogP contribution < -0.4 is 0 Å². The van der Waals surface area contributed by atoms with Gasteiger partial charge in [-0.2, -0.15) is 0 Å². The molecule has 0 radical (unpaired) electrons. The van der Waals surface area contributed by atoms with Gasteiger partial charge < -0.3 is 9.59 Å². The van der Waals surface area contributed by atoms with Gasteiger partial charge in [-0.1, -0.05) is 77.6 Å². The van der Waals surface area contributed by atoms with Crippen LogP contribution >= 0.6 is 11.6 Å². The molecule has 0 heterocycles. The van der Waals surface area contributed by atoms with Gasteiger partial charge in [-0.25, -0.2) is 0 Å². The molecule has 0 aliphatic carbocycles.